The summed E-state index contributed by atoms with van der Waals surface area (Å²) in [5.74, 6) is 1.45. The number of carbonyl (C=O) groups is 1. The molecule has 0 spiro atoms. The van der Waals surface area contributed by atoms with Gasteiger partial charge in [-0.15, -0.1) is 11.8 Å². The number of anilines is 1. The summed E-state index contributed by atoms with van der Waals surface area (Å²) in [5.41, 5.74) is 2.83. The number of thioether (sulfide) groups is 1. The van der Waals surface area contributed by atoms with Crippen LogP contribution in [-0.4, -0.2) is 24.0 Å². The van der Waals surface area contributed by atoms with Crippen molar-refractivity contribution >= 4 is 23.5 Å². The van der Waals surface area contributed by atoms with E-state index in [4.69, 9.17) is 9.47 Å². The predicted molar refractivity (Wildman–Crippen MR) is 120 cm³/mol. The molecule has 1 N–H and O–H groups in total. The molecule has 1 aliphatic heterocycles. The smallest absolute Gasteiger partial charge is 0.322 e. The largest absolute Gasteiger partial charge is 0.454 e. The Morgan fingerprint density at radius 3 is 2.50 bits per heavy atom. The van der Waals surface area contributed by atoms with Crippen LogP contribution in [0.1, 0.15) is 24.1 Å². The molecule has 1 atom stereocenters. The van der Waals surface area contributed by atoms with Crippen LogP contribution in [-0.2, 0) is 6.54 Å². The number of rotatable bonds is 6. The van der Waals surface area contributed by atoms with Crippen molar-refractivity contribution in [3.8, 4) is 11.5 Å². The van der Waals surface area contributed by atoms with Gasteiger partial charge in [0.25, 0.3) is 0 Å². The fraction of sp³-hybridized carbons (Fsp3) is 0.208. The third-order valence-corrected chi connectivity index (χ3v) is 5.89. The number of urea groups is 1. The Hall–Kier alpha value is -3.12. The highest BCUT2D eigenvalue weighted by molar-refractivity contribution is 7.98. The first-order valence-electron chi connectivity index (χ1n) is 9.79. The van der Waals surface area contributed by atoms with E-state index in [2.05, 4.69) is 5.32 Å². The van der Waals surface area contributed by atoms with E-state index < -0.39 is 0 Å². The Labute approximate surface area is 181 Å². The van der Waals surface area contributed by atoms with Gasteiger partial charge in [0.05, 0.1) is 6.04 Å². The van der Waals surface area contributed by atoms with E-state index in [1.54, 1.807) is 11.8 Å². The van der Waals surface area contributed by atoms with Gasteiger partial charge in [-0.3, -0.25) is 0 Å². The van der Waals surface area contributed by atoms with Crippen LogP contribution in [0.2, 0.25) is 0 Å². The maximum absolute atomic E-state index is 13.3. The van der Waals surface area contributed by atoms with Crippen molar-refractivity contribution in [2.45, 2.75) is 24.4 Å². The van der Waals surface area contributed by atoms with E-state index in [0.29, 0.717) is 12.3 Å². The van der Waals surface area contributed by atoms with Gasteiger partial charge >= 0.3 is 6.03 Å². The maximum Gasteiger partial charge on any atom is 0.322 e. The van der Waals surface area contributed by atoms with Crippen LogP contribution >= 0.6 is 11.8 Å². The molecule has 0 saturated heterocycles. The first-order chi connectivity index (χ1) is 14.6. The van der Waals surface area contributed by atoms with Crippen LogP contribution in [0.4, 0.5) is 10.5 Å². The Kier molecular flexibility index (Phi) is 6.14. The molecule has 0 aliphatic carbocycles. The van der Waals surface area contributed by atoms with E-state index in [9.17, 15) is 4.79 Å². The molecule has 5 nitrogen and oxygen atoms in total. The van der Waals surface area contributed by atoms with Gasteiger partial charge in [0.1, 0.15) is 0 Å². The van der Waals surface area contributed by atoms with Gasteiger partial charge in [0.15, 0.2) is 11.5 Å². The SMILES string of the molecule is CSc1ccc(NC(=O)N(Cc2ccc3c(c2)OCO3)C(C)c2ccccc2)cc1. The third-order valence-electron chi connectivity index (χ3n) is 5.14. The second-order valence-electron chi connectivity index (χ2n) is 7.06. The second kappa shape index (κ2) is 9.13. The summed E-state index contributed by atoms with van der Waals surface area (Å²) in [6.45, 7) is 2.72. The third kappa shape index (κ3) is 4.54. The van der Waals surface area contributed by atoms with Crippen LogP contribution in [0, 0.1) is 0 Å². The van der Waals surface area contributed by atoms with Gasteiger partial charge in [0.2, 0.25) is 6.79 Å². The molecule has 0 saturated carbocycles. The van der Waals surface area contributed by atoms with Crippen molar-refractivity contribution in [3.63, 3.8) is 0 Å². The molecule has 0 radical (unpaired) electrons. The lowest BCUT2D eigenvalue weighted by molar-refractivity contribution is 0.173. The molecule has 3 aromatic carbocycles. The lowest BCUT2D eigenvalue weighted by atomic mass is 10.1. The summed E-state index contributed by atoms with van der Waals surface area (Å²) >= 11 is 1.67. The van der Waals surface area contributed by atoms with Crippen molar-refractivity contribution in [1.82, 2.24) is 4.90 Å². The summed E-state index contributed by atoms with van der Waals surface area (Å²) in [7, 11) is 0. The minimum absolute atomic E-state index is 0.109. The van der Waals surface area contributed by atoms with E-state index in [0.717, 1.165) is 27.5 Å². The van der Waals surface area contributed by atoms with Gasteiger partial charge in [0, 0.05) is 17.1 Å². The number of hydrogen-bond acceptors (Lipinski definition) is 4. The van der Waals surface area contributed by atoms with E-state index in [-0.39, 0.29) is 18.9 Å². The molecule has 6 heteroatoms. The van der Waals surface area contributed by atoms with Crippen LogP contribution < -0.4 is 14.8 Å². The van der Waals surface area contributed by atoms with Gasteiger partial charge in [-0.2, -0.15) is 0 Å². The van der Waals surface area contributed by atoms with Crippen LogP contribution in [0.15, 0.2) is 77.7 Å². The molecule has 4 rings (SSSR count). The lowest BCUT2D eigenvalue weighted by Gasteiger charge is -2.30. The number of amides is 2. The summed E-state index contributed by atoms with van der Waals surface area (Å²) in [6.07, 6.45) is 2.03. The van der Waals surface area contributed by atoms with Gasteiger partial charge in [-0.25, -0.2) is 4.79 Å². The zero-order valence-electron chi connectivity index (χ0n) is 17.0. The molecule has 2 amide bonds. The maximum atomic E-state index is 13.3. The van der Waals surface area contributed by atoms with Crippen molar-refractivity contribution in [2.24, 2.45) is 0 Å². The molecule has 0 fully saturated rings. The first kappa shape index (κ1) is 20.2. The zero-order chi connectivity index (χ0) is 20.9. The highest BCUT2D eigenvalue weighted by atomic mass is 32.2. The highest BCUT2D eigenvalue weighted by Crippen LogP contribution is 2.34. The van der Waals surface area contributed by atoms with Gasteiger partial charge in [-0.1, -0.05) is 36.4 Å². The number of carbonyl (C=O) groups excluding carboxylic acids is 1. The fourth-order valence-corrected chi connectivity index (χ4v) is 3.81. The average Bonchev–Trinajstić information content (AvgIpc) is 3.26. The van der Waals surface area contributed by atoms with E-state index in [1.165, 1.54) is 0 Å². The van der Waals surface area contributed by atoms with Crippen molar-refractivity contribution in [2.75, 3.05) is 18.4 Å². The van der Waals surface area contributed by atoms with Crippen LogP contribution in [0.25, 0.3) is 0 Å². The normalized spacial score (nSPS) is 13.0. The number of ether oxygens (including phenoxy) is 2. The molecule has 3 aromatic rings. The van der Waals surface area contributed by atoms with Crippen molar-refractivity contribution in [3.05, 3.63) is 83.9 Å². The molecule has 30 heavy (non-hydrogen) atoms. The molecule has 0 bridgehead atoms. The zero-order valence-corrected chi connectivity index (χ0v) is 17.8. The molecular weight excluding hydrogens is 396 g/mol. The van der Waals surface area contributed by atoms with E-state index in [1.807, 2.05) is 90.9 Å². The molecule has 154 valence electrons. The van der Waals surface area contributed by atoms with E-state index >= 15 is 0 Å². The number of nitrogens with one attached hydrogen (secondary N) is 1. The lowest BCUT2D eigenvalue weighted by Crippen LogP contribution is -2.36. The first-order valence-corrected chi connectivity index (χ1v) is 11.0. The summed E-state index contributed by atoms with van der Waals surface area (Å²) in [5, 5.41) is 3.04. The Balaban J connectivity index is 1.58. The summed E-state index contributed by atoms with van der Waals surface area (Å²) in [6, 6.07) is 23.4. The quantitative estimate of drug-likeness (QED) is 0.502. The number of nitrogens with zero attached hydrogens (tertiary/aromatic N) is 1. The topological polar surface area (TPSA) is 50.8 Å². The highest BCUT2D eigenvalue weighted by Gasteiger charge is 2.23. The van der Waals surface area contributed by atoms with Crippen LogP contribution in [0.5, 0.6) is 11.5 Å². The number of hydrogen-bond donors (Lipinski definition) is 1. The molecule has 0 aromatic heterocycles. The summed E-state index contributed by atoms with van der Waals surface area (Å²) < 4.78 is 10.9. The van der Waals surface area contributed by atoms with Crippen molar-refractivity contribution < 1.29 is 14.3 Å². The Bertz CT molecular complexity index is 1010. The average molecular weight is 421 g/mol. The minimum atomic E-state index is -0.152. The molecule has 1 heterocycles. The minimum Gasteiger partial charge on any atom is -0.454 e. The van der Waals surface area contributed by atoms with Gasteiger partial charge < -0.3 is 19.7 Å². The Morgan fingerprint density at radius 1 is 1.03 bits per heavy atom. The number of fused-ring (bicyclic) bond motifs is 1. The molecule has 1 aliphatic rings. The fourth-order valence-electron chi connectivity index (χ4n) is 3.40. The number of benzene rings is 3. The standard InChI is InChI=1S/C24H24N2O3S/c1-17(19-6-4-3-5-7-19)26(15-18-8-13-22-23(14-18)29-16-28-22)24(27)25-20-9-11-21(30-2)12-10-20/h3-14,17H,15-16H2,1-2H3,(H,25,27). The summed E-state index contributed by atoms with van der Waals surface area (Å²) in [4.78, 5) is 16.3. The van der Waals surface area contributed by atoms with Crippen molar-refractivity contribution in [1.29, 1.82) is 0 Å². The predicted octanol–water partition coefficient (Wildman–Crippen LogP) is 5.93. The molecular formula is C24H24N2O3S. The van der Waals surface area contributed by atoms with Gasteiger partial charge in [-0.05, 0) is 60.7 Å². The Morgan fingerprint density at radius 2 is 1.77 bits per heavy atom. The van der Waals surface area contributed by atoms with Crippen LogP contribution in [0.3, 0.4) is 0 Å². The second-order valence-corrected chi connectivity index (χ2v) is 7.94. The monoisotopic (exact) mass is 420 g/mol. The molecule has 1 unspecified atom stereocenters.